The number of pyridine rings is 1. The van der Waals surface area contributed by atoms with Crippen LogP contribution >= 0.6 is 0 Å². The highest BCUT2D eigenvalue weighted by Crippen LogP contribution is 2.21. The maximum atomic E-state index is 12.8. The topological polar surface area (TPSA) is 106 Å². The Kier molecular flexibility index (Phi) is 7.96. The molecule has 0 aliphatic heterocycles. The van der Waals surface area contributed by atoms with Crippen LogP contribution in [0.15, 0.2) is 60.9 Å². The predicted octanol–water partition coefficient (Wildman–Crippen LogP) is 3.90. The Labute approximate surface area is 192 Å². The highest BCUT2D eigenvalue weighted by atomic mass is 16.5. The molecule has 3 rings (SSSR count). The summed E-state index contributed by atoms with van der Waals surface area (Å²) in [5.74, 6) is -0.670. The van der Waals surface area contributed by atoms with E-state index in [0.29, 0.717) is 13.0 Å². The number of carboxylic acids is 1. The molecule has 1 atom stereocenters. The molecule has 33 heavy (non-hydrogen) atoms. The molecule has 8 nitrogen and oxygen atoms in total. The summed E-state index contributed by atoms with van der Waals surface area (Å²) in [6.07, 6.45) is 7.58. The zero-order valence-corrected chi connectivity index (χ0v) is 18.9. The number of methoxy groups -OCH3 is 1. The molecule has 3 aromatic rings. The molecular formula is C25H28N4O4. The first kappa shape index (κ1) is 23.7. The summed E-state index contributed by atoms with van der Waals surface area (Å²) in [6.45, 7) is 4.24. The molecule has 0 radical (unpaired) electrons. The molecule has 0 unspecified atom stereocenters. The first-order valence-electron chi connectivity index (χ1n) is 10.7. The third-order valence-corrected chi connectivity index (χ3v) is 5.00. The van der Waals surface area contributed by atoms with Gasteiger partial charge in [-0.15, -0.1) is 0 Å². The van der Waals surface area contributed by atoms with E-state index >= 15 is 0 Å². The van der Waals surface area contributed by atoms with Gasteiger partial charge in [-0.05, 0) is 48.2 Å². The fraction of sp³-hybridized carbons (Fsp3) is 0.280. The molecule has 172 valence electrons. The molecule has 0 aliphatic carbocycles. The molecule has 0 saturated carbocycles. The van der Waals surface area contributed by atoms with Gasteiger partial charge in [-0.3, -0.25) is 14.5 Å². The van der Waals surface area contributed by atoms with Gasteiger partial charge in [0.05, 0.1) is 19.3 Å². The zero-order valence-electron chi connectivity index (χ0n) is 18.9. The lowest BCUT2D eigenvalue weighted by Gasteiger charge is -2.15. The Morgan fingerprint density at radius 2 is 1.85 bits per heavy atom. The first-order valence-corrected chi connectivity index (χ1v) is 10.7. The summed E-state index contributed by atoms with van der Waals surface area (Å²) in [7, 11) is 1.62. The van der Waals surface area contributed by atoms with Gasteiger partial charge < -0.3 is 15.2 Å². The number of rotatable bonds is 10. The molecule has 8 heteroatoms. The van der Waals surface area contributed by atoms with Crippen LogP contribution in [0.2, 0.25) is 0 Å². The lowest BCUT2D eigenvalue weighted by molar-refractivity contribution is -0.139. The van der Waals surface area contributed by atoms with Gasteiger partial charge in [-0.25, -0.2) is 4.79 Å². The second-order valence-corrected chi connectivity index (χ2v) is 8.00. The predicted molar refractivity (Wildman–Crippen MR) is 126 cm³/mol. The van der Waals surface area contributed by atoms with E-state index in [1.165, 1.54) is 0 Å². The van der Waals surface area contributed by atoms with Crippen molar-refractivity contribution in [2.24, 2.45) is 5.92 Å². The van der Waals surface area contributed by atoms with Crippen LogP contribution in [-0.4, -0.2) is 44.9 Å². The minimum Gasteiger partial charge on any atom is -0.497 e. The number of hydrogen-bond donors (Lipinski definition) is 2. The van der Waals surface area contributed by atoms with Crippen molar-refractivity contribution in [3.8, 4) is 17.0 Å². The number of carboxylic acid groups (broad SMARTS) is 1. The number of hydrogen-bond acceptors (Lipinski definition) is 5. The second-order valence-electron chi connectivity index (χ2n) is 8.00. The molecule has 1 amide bonds. The Balaban J connectivity index is 1.83. The van der Waals surface area contributed by atoms with Gasteiger partial charge in [0, 0.05) is 18.0 Å². The van der Waals surface area contributed by atoms with E-state index < -0.39 is 17.9 Å². The summed E-state index contributed by atoms with van der Waals surface area (Å²) < 4.78 is 6.89. The van der Waals surface area contributed by atoms with Gasteiger partial charge in [0.1, 0.15) is 11.8 Å². The van der Waals surface area contributed by atoms with Crippen molar-refractivity contribution < 1.29 is 19.4 Å². The van der Waals surface area contributed by atoms with Gasteiger partial charge >= 0.3 is 5.97 Å². The van der Waals surface area contributed by atoms with Crippen LogP contribution in [0.25, 0.3) is 17.3 Å². The standard InChI is InChI=1S/C25H28N4O4/c1-17(2)15-22(25(31)32)27-24(30)21-16-23(19-10-12-26-13-11-19)29(28-21)14-4-5-18-6-8-20(33-3)9-7-18/h4-13,16-17,22H,14-15H2,1-3H3,(H,27,30)(H,31,32)/b5-4+/t22-/m0/s1. The van der Waals surface area contributed by atoms with Crippen LogP contribution in [0.1, 0.15) is 36.3 Å². The van der Waals surface area contributed by atoms with E-state index in [0.717, 1.165) is 22.6 Å². The van der Waals surface area contributed by atoms with E-state index in [-0.39, 0.29) is 11.6 Å². The number of allylic oxidation sites excluding steroid dienone is 1. The average Bonchev–Trinajstić information content (AvgIpc) is 3.23. The maximum Gasteiger partial charge on any atom is 0.326 e. The Morgan fingerprint density at radius 3 is 2.45 bits per heavy atom. The van der Waals surface area contributed by atoms with Crippen molar-refractivity contribution in [3.05, 3.63) is 72.2 Å². The van der Waals surface area contributed by atoms with Gasteiger partial charge in [-0.1, -0.05) is 38.1 Å². The Bertz CT molecular complexity index is 1110. The molecule has 0 fully saturated rings. The van der Waals surface area contributed by atoms with Gasteiger partial charge in [0.2, 0.25) is 0 Å². The Morgan fingerprint density at radius 1 is 1.15 bits per heavy atom. The number of benzene rings is 1. The minimum atomic E-state index is -1.06. The number of aliphatic carboxylic acids is 1. The fourth-order valence-corrected chi connectivity index (χ4v) is 3.35. The number of aromatic nitrogens is 3. The fourth-order valence-electron chi connectivity index (χ4n) is 3.35. The highest BCUT2D eigenvalue weighted by molar-refractivity contribution is 5.95. The highest BCUT2D eigenvalue weighted by Gasteiger charge is 2.24. The van der Waals surface area contributed by atoms with Crippen molar-refractivity contribution in [1.82, 2.24) is 20.1 Å². The number of carbonyl (C=O) groups excluding carboxylic acids is 1. The molecule has 0 spiro atoms. The smallest absolute Gasteiger partial charge is 0.326 e. The summed E-state index contributed by atoms with van der Waals surface area (Å²) in [4.78, 5) is 28.4. The maximum absolute atomic E-state index is 12.8. The van der Waals surface area contributed by atoms with Crippen molar-refractivity contribution in [1.29, 1.82) is 0 Å². The van der Waals surface area contributed by atoms with Crippen molar-refractivity contribution in [2.75, 3.05) is 7.11 Å². The quantitative estimate of drug-likeness (QED) is 0.487. The second kappa shape index (κ2) is 11.1. The van der Waals surface area contributed by atoms with E-state index in [9.17, 15) is 14.7 Å². The van der Waals surface area contributed by atoms with Crippen LogP contribution < -0.4 is 10.1 Å². The summed E-state index contributed by atoms with van der Waals surface area (Å²) in [6, 6.07) is 12.0. The number of carbonyl (C=O) groups is 2. The lowest BCUT2D eigenvalue weighted by Crippen LogP contribution is -2.41. The summed E-state index contributed by atoms with van der Waals surface area (Å²) in [5.41, 5.74) is 2.75. The molecule has 0 aliphatic rings. The van der Waals surface area contributed by atoms with E-state index in [1.807, 2.05) is 62.4 Å². The first-order chi connectivity index (χ1) is 15.9. The monoisotopic (exact) mass is 448 g/mol. The molecule has 0 bridgehead atoms. The van der Waals surface area contributed by atoms with Crippen LogP contribution in [0, 0.1) is 5.92 Å². The van der Waals surface area contributed by atoms with Crippen LogP contribution in [0.3, 0.4) is 0 Å². The van der Waals surface area contributed by atoms with Crippen molar-refractivity contribution >= 4 is 18.0 Å². The number of nitrogens with one attached hydrogen (secondary N) is 1. The SMILES string of the molecule is COc1ccc(/C=C/Cn2nc(C(=O)N[C@@H](CC(C)C)C(=O)O)cc2-c2ccncc2)cc1. The molecule has 0 saturated heterocycles. The molecule has 2 aromatic heterocycles. The van der Waals surface area contributed by atoms with Crippen molar-refractivity contribution in [2.45, 2.75) is 32.9 Å². The van der Waals surface area contributed by atoms with Gasteiger partial charge in [0.25, 0.3) is 5.91 Å². The summed E-state index contributed by atoms with van der Waals surface area (Å²) >= 11 is 0. The number of nitrogens with zero attached hydrogens (tertiary/aromatic N) is 3. The van der Waals surface area contributed by atoms with Crippen LogP contribution in [-0.2, 0) is 11.3 Å². The third kappa shape index (κ3) is 6.52. The van der Waals surface area contributed by atoms with Crippen LogP contribution in [0.4, 0.5) is 0 Å². The Hall–Kier alpha value is -3.94. The normalized spacial score (nSPS) is 12.1. The molecule has 1 aromatic carbocycles. The third-order valence-electron chi connectivity index (χ3n) is 5.00. The molecular weight excluding hydrogens is 420 g/mol. The van der Waals surface area contributed by atoms with E-state index in [2.05, 4.69) is 15.4 Å². The number of amides is 1. The molecule has 2 N–H and O–H groups in total. The van der Waals surface area contributed by atoms with Gasteiger partial charge in [-0.2, -0.15) is 5.10 Å². The number of ether oxygens (including phenoxy) is 1. The molecule has 2 heterocycles. The van der Waals surface area contributed by atoms with Crippen LogP contribution in [0.5, 0.6) is 5.75 Å². The van der Waals surface area contributed by atoms with E-state index in [1.54, 1.807) is 30.3 Å². The zero-order chi connectivity index (χ0) is 23.8. The van der Waals surface area contributed by atoms with Crippen molar-refractivity contribution in [3.63, 3.8) is 0 Å². The van der Waals surface area contributed by atoms with Gasteiger partial charge in [0.15, 0.2) is 5.69 Å². The summed E-state index contributed by atoms with van der Waals surface area (Å²) in [5, 5.41) is 16.5. The average molecular weight is 449 g/mol. The van der Waals surface area contributed by atoms with E-state index in [4.69, 9.17) is 4.74 Å². The largest absolute Gasteiger partial charge is 0.497 e. The lowest BCUT2D eigenvalue weighted by atomic mass is 10.0. The minimum absolute atomic E-state index is 0.124.